The Hall–Kier alpha value is -7.66. The number of rotatable bonds is 14. The Labute approximate surface area is 352 Å². The maximum Gasteiger partial charge on any atom is 0.344 e. The topological polar surface area (TPSA) is 188 Å². The molecule has 62 heavy (non-hydrogen) atoms. The van der Waals surface area contributed by atoms with Crippen molar-refractivity contribution >= 4 is 17.8 Å². The van der Waals surface area contributed by atoms with E-state index in [2.05, 4.69) is 20.6 Å². The molecule has 0 fully saturated rings. The van der Waals surface area contributed by atoms with Gasteiger partial charge in [-0.15, -0.1) is 0 Å². The normalized spacial score (nSPS) is 12.0. The van der Waals surface area contributed by atoms with E-state index in [1.54, 1.807) is 50.2 Å². The van der Waals surface area contributed by atoms with Gasteiger partial charge in [0.2, 0.25) is 18.6 Å². The summed E-state index contributed by atoms with van der Waals surface area (Å²) in [5.41, 5.74) is 0.0609. The number of carboxylic acid groups (broad SMARTS) is 1. The highest BCUT2D eigenvalue weighted by Gasteiger charge is 2.21. The second kappa shape index (κ2) is 19.6. The van der Waals surface area contributed by atoms with Gasteiger partial charge in [-0.1, -0.05) is 18.2 Å². The van der Waals surface area contributed by atoms with Gasteiger partial charge in [-0.2, -0.15) is 0 Å². The number of hydrogen-bond acceptors (Lipinski definition) is 11. The van der Waals surface area contributed by atoms with Crippen LogP contribution in [0.25, 0.3) is 0 Å². The minimum absolute atomic E-state index is 0.0504. The van der Waals surface area contributed by atoms with Crippen LogP contribution in [0.5, 0.6) is 40.5 Å². The minimum Gasteiger partial charge on any atom is -0.479 e. The fourth-order valence-corrected chi connectivity index (χ4v) is 5.57. The van der Waals surface area contributed by atoms with Gasteiger partial charge in [-0.3, -0.25) is 9.59 Å². The number of carboxylic acids is 1. The minimum atomic E-state index is -1.16. The molecule has 0 aliphatic carbocycles. The molecular formula is C45H39F3N4O10. The van der Waals surface area contributed by atoms with E-state index < -0.39 is 46.9 Å². The van der Waals surface area contributed by atoms with Gasteiger partial charge in [0.05, 0.1) is 5.60 Å². The molecule has 1 aliphatic heterocycles. The number of hydrogen-bond donors (Lipinski definition) is 4. The summed E-state index contributed by atoms with van der Waals surface area (Å²) in [5.74, 6) is -1.72. The van der Waals surface area contributed by atoms with Crippen LogP contribution in [0, 0.1) is 17.5 Å². The zero-order chi connectivity index (χ0) is 44.4. The second-order valence-corrected chi connectivity index (χ2v) is 14.0. The second-order valence-electron chi connectivity index (χ2n) is 14.0. The van der Waals surface area contributed by atoms with Crippen molar-refractivity contribution in [3.05, 3.63) is 161 Å². The number of benzene rings is 4. The molecule has 1 atom stereocenters. The molecule has 4 aromatic carbocycles. The van der Waals surface area contributed by atoms with Crippen LogP contribution in [-0.4, -0.2) is 50.9 Å². The van der Waals surface area contributed by atoms with E-state index in [-0.39, 0.29) is 59.6 Å². The Bertz CT molecular complexity index is 2570. The summed E-state index contributed by atoms with van der Waals surface area (Å²) in [6, 6.07) is 24.8. The number of fused-ring (bicyclic) bond motifs is 1. The number of halogens is 3. The molecule has 0 spiro atoms. The monoisotopic (exact) mass is 852 g/mol. The summed E-state index contributed by atoms with van der Waals surface area (Å²) in [6.45, 7) is 4.42. The van der Waals surface area contributed by atoms with Crippen molar-refractivity contribution in [2.45, 2.75) is 45.6 Å². The predicted molar refractivity (Wildman–Crippen MR) is 216 cm³/mol. The first-order chi connectivity index (χ1) is 29.6. The maximum atomic E-state index is 14.4. The van der Waals surface area contributed by atoms with E-state index in [1.165, 1.54) is 80.0 Å². The van der Waals surface area contributed by atoms with Gasteiger partial charge in [0.15, 0.2) is 17.6 Å². The fourth-order valence-electron chi connectivity index (χ4n) is 5.57. The maximum absolute atomic E-state index is 14.4. The molecule has 1 aliphatic rings. The van der Waals surface area contributed by atoms with Gasteiger partial charge in [0, 0.05) is 48.7 Å². The number of ether oxygens (including phenoxy) is 5. The van der Waals surface area contributed by atoms with Crippen molar-refractivity contribution in [3.8, 4) is 40.5 Å². The molecule has 0 radical (unpaired) electrons. The molecule has 0 bridgehead atoms. The van der Waals surface area contributed by atoms with Gasteiger partial charge < -0.3 is 44.5 Å². The van der Waals surface area contributed by atoms with E-state index in [4.69, 9.17) is 28.8 Å². The number of carbonyl (C=O) groups is 3. The highest BCUT2D eigenvalue weighted by atomic mass is 19.1. The number of aliphatic hydroxyl groups is 1. The van der Waals surface area contributed by atoms with Crippen molar-refractivity contribution in [1.82, 2.24) is 20.6 Å². The van der Waals surface area contributed by atoms with Crippen LogP contribution in [0.15, 0.2) is 116 Å². The summed E-state index contributed by atoms with van der Waals surface area (Å²) in [5, 5.41) is 24.1. The number of nitrogens with zero attached hydrogens (tertiary/aromatic N) is 2. The molecule has 4 N–H and O–H groups in total. The fraction of sp³-hybridized carbons (Fsp3) is 0.178. The summed E-state index contributed by atoms with van der Waals surface area (Å²) in [7, 11) is 0. The Morgan fingerprint density at radius 1 is 0.710 bits per heavy atom. The zero-order valence-electron chi connectivity index (χ0n) is 33.4. The summed E-state index contributed by atoms with van der Waals surface area (Å²) in [6.07, 6.45) is 1.82. The molecule has 320 valence electrons. The van der Waals surface area contributed by atoms with Crippen molar-refractivity contribution in [2.75, 3.05) is 6.79 Å². The molecule has 7 rings (SSSR count). The third kappa shape index (κ3) is 11.5. The van der Waals surface area contributed by atoms with Crippen LogP contribution in [0.3, 0.4) is 0 Å². The van der Waals surface area contributed by atoms with Gasteiger partial charge in [-0.25, -0.2) is 27.9 Å². The van der Waals surface area contributed by atoms with E-state index in [1.807, 2.05) is 0 Å². The zero-order valence-corrected chi connectivity index (χ0v) is 33.4. The molecule has 14 nitrogen and oxygen atoms in total. The van der Waals surface area contributed by atoms with E-state index in [0.717, 1.165) is 6.07 Å². The van der Waals surface area contributed by atoms with Gasteiger partial charge in [0.1, 0.15) is 45.8 Å². The number of nitrogens with one attached hydrogen (secondary N) is 2. The number of aromatic nitrogens is 2. The van der Waals surface area contributed by atoms with Crippen molar-refractivity contribution in [3.63, 3.8) is 0 Å². The van der Waals surface area contributed by atoms with Crippen molar-refractivity contribution in [1.29, 1.82) is 0 Å². The quantitative estimate of drug-likeness (QED) is 0.0833. The van der Waals surface area contributed by atoms with Crippen LogP contribution in [-0.2, 0) is 23.5 Å². The first-order valence-electron chi connectivity index (χ1n) is 18.8. The first kappa shape index (κ1) is 43.9. The molecule has 0 saturated heterocycles. The SMILES string of the molecule is CC(C)(O)c1ccc(CNC(=O)c2cccnc2Oc2ccc(F)cc2)c(F)c1.C[C@@H](Oc1ccc(CNC(=O)c2cccnc2Oc2ccc3c(c2)OCO3)c(F)c1)C(=O)O. The third-order valence-electron chi connectivity index (χ3n) is 8.94. The Morgan fingerprint density at radius 2 is 1.24 bits per heavy atom. The number of aliphatic carboxylic acids is 1. The Morgan fingerprint density at radius 3 is 1.81 bits per heavy atom. The van der Waals surface area contributed by atoms with Crippen LogP contribution in [0.2, 0.25) is 0 Å². The van der Waals surface area contributed by atoms with Crippen molar-refractivity contribution < 1.29 is 61.5 Å². The Balaban J connectivity index is 0.000000209. The van der Waals surface area contributed by atoms with Gasteiger partial charge >= 0.3 is 5.97 Å². The molecule has 2 amide bonds. The largest absolute Gasteiger partial charge is 0.479 e. The molecule has 6 aromatic rings. The van der Waals surface area contributed by atoms with E-state index in [0.29, 0.717) is 28.6 Å². The summed E-state index contributed by atoms with van der Waals surface area (Å²) >= 11 is 0. The van der Waals surface area contributed by atoms with Crippen LogP contribution in [0.4, 0.5) is 13.2 Å². The first-order valence-corrected chi connectivity index (χ1v) is 18.8. The molecule has 3 heterocycles. The lowest BCUT2D eigenvalue weighted by Crippen LogP contribution is -2.24. The molecular weight excluding hydrogens is 814 g/mol. The standard InChI is InChI=1S/C23H19FN2O7.C22H20F2N2O3/c1-13(23(28)29)32-15-5-4-14(18(24)9-15)11-26-21(27)17-3-2-8-25-22(17)33-16-6-7-19-20(10-16)31-12-30-19;1-22(2,28)15-6-5-14(19(24)12-15)13-26-20(27)18-4-3-11-25-21(18)29-17-9-7-16(23)8-10-17/h2-10,13H,11-12H2,1H3,(H,26,27)(H,28,29);3-12,28H,13H2,1-2H3,(H,26,27)/t13-;/m1./s1. The highest BCUT2D eigenvalue weighted by molar-refractivity contribution is 5.97. The number of pyridine rings is 2. The van der Waals surface area contributed by atoms with Crippen LogP contribution >= 0.6 is 0 Å². The molecule has 2 aromatic heterocycles. The van der Waals surface area contributed by atoms with Crippen LogP contribution < -0.4 is 34.3 Å². The molecule has 0 saturated carbocycles. The summed E-state index contributed by atoms with van der Waals surface area (Å²) in [4.78, 5) is 44.3. The number of amides is 2. The highest BCUT2D eigenvalue weighted by Crippen LogP contribution is 2.37. The third-order valence-corrected chi connectivity index (χ3v) is 8.94. The van der Waals surface area contributed by atoms with E-state index >= 15 is 0 Å². The van der Waals surface area contributed by atoms with E-state index in [9.17, 15) is 32.7 Å². The van der Waals surface area contributed by atoms with Crippen molar-refractivity contribution in [2.24, 2.45) is 0 Å². The molecule has 0 unspecified atom stereocenters. The average molecular weight is 853 g/mol. The number of carbonyl (C=O) groups excluding carboxylic acids is 2. The molecule has 17 heteroatoms. The van der Waals surface area contributed by atoms with Gasteiger partial charge in [0.25, 0.3) is 11.8 Å². The average Bonchev–Trinajstić information content (AvgIpc) is 3.72. The van der Waals surface area contributed by atoms with Crippen LogP contribution in [0.1, 0.15) is 58.2 Å². The lowest BCUT2D eigenvalue weighted by Gasteiger charge is -2.18. The summed E-state index contributed by atoms with van der Waals surface area (Å²) < 4.78 is 68.8. The lowest BCUT2D eigenvalue weighted by atomic mass is 9.97. The predicted octanol–water partition coefficient (Wildman–Crippen LogP) is 7.83. The van der Waals surface area contributed by atoms with Gasteiger partial charge in [-0.05, 0) is 99.1 Å². The smallest absolute Gasteiger partial charge is 0.344 e. The lowest BCUT2D eigenvalue weighted by molar-refractivity contribution is -0.144. The Kier molecular flexibility index (Phi) is 13.9.